The van der Waals surface area contributed by atoms with Gasteiger partial charge in [-0.25, -0.2) is 0 Å². The topological polar surface area (TPSA) is 18.5 Å². The second-order valence-electron chi connectivity index (χ2n) is 6.56. The maximum absolute atomic E-state index is 6.40. The Labute approximate surface area is 169 Å². The molecule has 136 valence electrons. The number of benzene rings is 4. The van der Waals surface area contributed by atoms with Gasteiger partial charge >= 0.3 is 0 Å². The summed E-state index contributed by atoms with van der Waals surface area (Å²) in [4.78, 5) is 0. The van der Waals surface area contributed by atoms with Gasteiger partial charge in [0.25, 0.3) is 0 Å². The normalized spacial score (nSPS) is 12.3. The molecule has 0 unspecified atom stereocenters. The lowest BCUT2D eigenvalue weighted by atomic mass is 10.2. The molecule has 0 amide bonds. The molecule has 4 aromatic carbocycles. The Hall–Kier alpha value is -2.87. The van der Waals surface area contributed by atoms with Crippen LogP contribution in [-0.2, 0) is 11.8 Å². The number of hydrogen-bond acceptors (Lipinski definition) is 3. The molecule has 0 aromatic heterocycles. The van der Waals surface area contributed by atoms with E-state index in [1.54, 1.807) is 0 Å². The summed E-state index contributed by atoms with van der Waals surface area (Å²) in [6.07, 6.45) is 0. The Morgan fingerprint density at radius 2 is 0.929 bits per heavy atom. The number of rotatable bonds is 3. The predicted octanol–water partition coefficient (Wildman–Crippen LogP) is 5.34. The lowest BCUT2D eigenvalue weighted by Gasteiger charge is -2.26. The summed E-state index contributed by atoms with van der Waals surface area (Å²) in [5.74, 6) is 2.87. The van der Waals surface area contributed by atoms with Gasteiger partial charge in [0.15, 0.2) is 23.0 Å². The van der Waals surface area contributed by atoms with Gasteiger partial charge in [-0.05, 0) is 46.2 Å². The fraction of sp³-hybridized carbons (Fsp3) is 0. The molecule has 0 spiro atoms. The Morgan fingerprint density at radius 3 is 1.50 bits per heavy atom. The molecule has 1 heterocycles. The van der Waals surface area contributed by atoms with Crippen molar-refractivity contribution in [3.63, 3.8) is 0 Å². The highest BCUT2D eigenvalue weighted by molar-refractivity contribution is 8.25. The standard InChI is InChI=1S/C24H17O2PS/c28-27(18-9-3-1-4-10-18,19-11-5-2-6-12-19)20-15-16-23-24(17-20)26-22-14-8-7-13-21(22)25-23/h1-17H. The molecule has 0 saturated carbocycles. The molecule has 0 saturated heterocycles. The number of hydrogen-bond donors (Lipinski definition) is 0. The Bertz CT molecular complexity index is 1150. The quantitative estimate of drug-likeness (QED) is 0.381. The van der Waals surface area contributed by atoms with Crippen molar-refractivity contribution < 1.29 is 9.47 Å². The maximum atomic E-state index is 6.40. The Balaban J connectivity index is 1.67. The van der Waals surface area contributed by atoms with Crippen LogP contribution in [0.3, 0.4) is 0 Å². The fourth-order valence-corrected chi connectivity index (χ4v) is 7.17. The van der Waals surface area contributed by atoms with Crippen LogP contribution >= 0.6 is 6.04 Å². The van der Waals surface area contributed by atoms with Gasteiger partial charge < -0.3 is 9.47 Å². The van der Waals surface area contributed by atoms with Crippen LogP contribution in [0.25, 0.3) is 0 Å². The van der Waals surface area contributed by atoms with Gasteiger partial charge in [0.2, 0.25) is 0 Å². The Morgan fingerprint density at radius 1 is 0.464 bits per heavy atom. The zero-order valence-electron chi connectivity index (χ0n) is 15.0. The second kappa shape index (κ2) is 6.94. The second-order valence-corrected chi connectivity index (χ2v) is 11.0. The largest absolute Gasteiger partial charge is 0.450 e. The minimum atomic E-state index is -2.21. The summed E-state index contributed by atoms with van der Waals surface area (Å²) in [6, 6.07) is 32.3. The maximum Gasteiger partial charge on any atom is 0.170 e. The first kappa shape index (κ1) is 17.2. The summed E-state index contributed by atoms with van der Waals surface area (Å²) in [5.41, 5.74) is 0. The smallest absolute Gasteiger partial charge is 0.170 e. The van der Waals surface area contributed by atoms with Crippen LogP contribution in [0.4, 0.5) is 0 Å². The minimum Gasteiger partial charge on any atom is -0.450 e. The average molecular weight is 400 g/mol. The van der Waals surface area contributed by atoms with E-state index in [-0.39, 0.29) is 0 Å². The van der Waals surface area contributed by atoms with Gasteiger partial charge in [0.05, 0.1) is 0 Å². The van der Waals surface area contributed by atoms with E-state index in [0.717, 1.165) is 27.4 Å². The first-order chi connectivity index (χ1) is 13.7. The summed E-state index contributed by atoms with van der Waals surface area (Å²) < 4.78 is 12.1. The molecule has 2 nitrogen and oxygen atoms in total. The van der Waals surface area contributed by atoms with Crippen molar-refractivity contribution in [2.75, 3.05) is 0 Å². The molecule has 0 aliphatic carbocycles. The third-order valence-electron chi connectivity index (χ3n) is 4.82. The predicted molar refractivity (Wildman–Crippen MR) is 119 cm³/mol. The van der Waals surface area contributed by atoms with Crippen LogP contribution in [0, 0.1) is 0 Å². The first-order valence-electron chi connectivity index (χ1n) is 9.06. The number of fused-ring (bicyclic) bond motifs is 2. The molecule has 0 fully saturated rings. The average Bonchev–Trinajstić information content (AvgIpc) is 2.78. The molecule has 0 N–H and O–H groups in total. The minimum absolute atomic E-state index is 0.706. The first-order valence-corrected chi connectivity index (χ1v) is 11.9. The summed E-state index contributed by atoms with van der Waals surface area (Å²) >= 11 is 6.40. The van der Waals surface area contributed by atoms with Gasteiger partial charge in [-0.15, -0.1) is 0 Å². The molecular formula is C24H17O2PS. The SMILES string of the molecule is S=P(c1ccccc1)(c1ccccc1)c1ccc2c(c1)Oc1ccccc1O2. The van der Waals surface area contributed by atoms with Crippen LogP contribution in [0.15, 0.2) is 103 Å². The lowest BCUT2D eigenvalue weighted by molar-refractivity contribution is 0.360. The van der Waals surface area contributed by atoms with Crippen LogP contribution in [0.1, 0.15) is 0 Å². The molecule has 5 rings (SSSR count). The third-order valence-corrected chi connectivity index (χ3v) is 9.77. The summed E-state index contributed by atoms with van der Waals surface area (Å²) in [5, 5.41) is 3.41. The molecule has 0 atom stereocenters. The molecule has 1 aliphatic heterocycles. The Kier molecular flexibility index (Phi) is 4.27. The van der Waals surface area contributed by atoms with E-state index < -0.39 is 6.04 Å². The molecule has 4 heteroatoms. The number of para-hydroxylation sites is 2. The molecule has 1 aliphatic rings. The van der Waals surface area contributed by atoms with Crippen LogP contribution in [0.5, 0.6) is 23.0 Å². The van der Waals surface area contributed by atoms with Crippen molar-refractivity contribution in [3.8, 4) is 23.0 Å². The van der Waals surface area contributed by atoms with E-state index in [1.165, 1.54) is 0 Å². The highest BCUT2D eigenvalue weighted by Gasteiger charge is 2.27. The molecular weight excluding hydrogens is 383 g/mol. The van der Waals surface area contributed by atoms with Gasteiger partial charge in [0, 0.05) is 6.04 Å². The van der Waals surface area contributed by atoms with Gasteiger partial charge in [-0.1, -0.05) is 84.6 Å². The van der Waals surface area contributed by atoms with E-state index in [2.05, 4.69) is 30.3 Å². The van der Waals surface area contributed by atoms with E-state index in [0.29, 0.717) is 11.5 Å². The van der Waals surface area contributed by atoms with Gasteiger partial charge in [-0.3, -0.25) is 0 Å². The van der Waals surface area contributed by atoms with Crippen molar-refractivity contribution in [3.05, 3.63) is 103 Å². The summed E-state index contributed by atoms with van der Waals surface area (Å²) in [6.45, 7) is 0. The van der Waals surface area contributed by atoms with Gasteiger partial charge in [0.1, 0.15) is 0 Å². The van der Waals surface area contributed by atoms with Crippen molar-refractivity contribution >= 4 is 33.8 Å². The third kappa shape index (κ3) is 2.84. The molecule has 0 radical (unpaired) electrons. The molecule has 0 bridgehead atoms. The highest BCUT2D eigenvalue weighted by Crippen LogP contribution is 2.48. The van der Waals surface area contributed by atoms with Crippen LogP contribution in [-0.4, -0.2) is 0 Å². The van der Waals surface area contributed by atoms with E-state index >= 15 is 0 Å². The monoisotopic (exact) mass is 400 g/mol. The molecule has 28 heavy (non-hydrogen) atoms. The molecule has 4 aromatic rings. The van der Waals surface area contributed by atoms with E-state index in [9.17, 15) is 0 Å². The van der Waals surface area contributed by atoms with Crippen molar-refractivity contribution in [2.24, 2.45) is 0 Å². The van der Waals surface area contributed by atoms with Crippen molar-refractivity contribution in [2.45, 2.75) is 0 Å². The van der Waals surface area contributed by atoms with Crippen LogP contribution < -0.4 is 25.4 Å². The number of ether oxygens (including phenoxy) is 2. The van der Waals surface area contributed by atoms with Crippen molar-refractivity contribution in [1.82, 2.24) is 0 Å². The van der Waals surface area contributed by atoms with Crippen molar-refractivity contribution in [1.29, 1.82) is 0 Å². The van der Waals surface area contributed by atoms with E-state index in [1.807, 2.05) is 72.8 Å². The van der Waals surface area contributed by atoms with Crippen LogP contribution in [0.2, 0.25) is 0 Å². The lowest BCUT2D eigenvalue weighted by Crippen LogP contribution is -2.24. The zero-order chi connectivity index (χ0) is 19.0. The zero-order valence-corrected chi connectivity index (χ0v) is 16.7. The summed E-state index contributed by atoms with van der Waals surface area (Å²) in [7, 11) is 0. The highest BCUT2D eigenvalue weighted by atomic mass is 32.4. The fourth-order valence-electron chi connectivity index (χ4n) is 3.44. The van der Waals surface area contributed by atoms with E-state index in [4.69, 9.17) is 21.3 Å². The van der Waals surface area contributed by atoms with Gasteiger partial charge in [-0.2, -0.15) is 0 Å².